The number of rotatable bonds is 4. The second kappa shape index (κ2) is 4.97. The van der Waals surface area contributed by atoms with E-state index < -0.39 is 17.7 Å². The van der Waals surface area contributed by atoms with Crippen LogP contribution in [0.3, 0.4) is 0 Å². The second-order valence-electron chi connectivity index (χ2n) is 3.88. The smallest absolute Gasteiger partial charge is 0.262 e. The Hall–Kier alpha value is -2.21. The highest BCUT2D eigenvalue weighted by molar-refractivity contribution is 6.22. The molecule has 0 atom stereocenters. The summed E-state index contributed by atoms with van der Waals surface area (Å²) in [5, 5.41) is 2.52. The number of nitrogens with one attached hydrogen (secondary N) is 1. The molecule has 0 saturated heterocycles. The summed E-state index contributed by atoms with van der Waals surface area (Å²) in [5.74, 6) is -1.26. The third-order valence-corrected chi connectivity index (χ3v) is 2.65. The van der Waals surface area contributed by atoms with Gasteiger partial charge in [-0.25, -0.2) is 0 Å². The molecule has 94 valence electrons. The van der Waals surface area contributed by atoms with Crippen LogP contribution in [0.4, 0.5) is 0 Å². The van der Waals surface area contributed by atoms with Gasteiger partial charge in [0.15, 0.2) is 0 Å². The van der Waals surface area contributed by atoms with Crippen molar-refractivity contribution >= 4 is 17.7 Å². The van der Waals surface area contributed by atoms with Gasteiger partial charge in [-0.2, -0.15) is 0 Å². The fourth-order valence-electron chi connectivity index (χ4n) is 1.79. The van der Waals surface area contributed by atoms with Crippen LogP contribution in [0.1, 0.15) is 20.7 Å². The molecule has 0 spiro atoms. The predicted octanol–water partition coefficient (Wildman–Crippen LogP) is -0.642. The number of nitrogens with zero attached hydrogens (tertiary/aromatic N) is 1. The average molecular weight is 247 g/mol. The summed E-state index contributed by atoms with van der Waals surface area (Å²) in [6.45, 7) is 0.363. The van der Waals surface area contributed by atoms with Gasteiger partial charge in [-0.15, -0.1) is 0 Å². The summed E-state index contributed by atoms with van der Waals surface area (Å²) in [6, 6.07) is 6.52. The van der Waals surface area contributed by atoms with Crippen LogP contribution in [0.25, 0.3) is 0 Å². The van der Waals surface area contributed by atoms with Crippen LogP contribution in [0, 0.1) is 0 Å². The molecule has 0 aliphatic carbocycles. The summed E-state index contributed by atoms with van der Waals surface area (Å²) < 4.78 is 0. The van der Waals surface area contributed by atoms with Gasteiger partial charge in [0, 0.05) is 13.1 Å². The van der Waals surface area contributed by atoms with Gasteiger partial charge in [-0.3, -0.25) is 19.3 Å². The Morgan fingerprint density at radius 3 is 2.22 bits per heavy atom. The Bertz CT molecular complexity index is 478. The maximum absolute atomic E-state index is 11.9. The fourth-order valence-corrected chi connectivity index (χ4v) is 1.79. The Morgan fingerprint density at radius 2 is 1.72 bits per heavy atom. The zero-order valence-corrected chi connectivity index (χ0v) is 9.68. The standard InChI is InChI=1S/C12H13N3O3/c13-5-6-14-10(16)7-15-11(17)8-3-1-2-4-9(8)12(15)18/h1-4H,5-7,13H2,(H,14,16). The highest BCUT2D eigenvalue weighted by Crippen LogP contribution is 2.21. The van der Waals surface area contributed by atoms with E-state index in [1.54, 1.807) is 24.3 Å². The highest BCUT2D eigenvalue weighted by atomic mass is 16.2. The van der Waals surface area contributed by atoms with Gasteiger partial charge in [0.25, 0.3) is 11.8 Å². The molecular weight excluding hydrogens is 234 g/mol. The van der Waals surface area contributed by atoms with Gasteiger partial charge < -0.3 is 11.1 Å². The number of nitrogens with two attached hydrogens (primary N) is 1. The molecule has 0 radical (unpaired) electrons. The van der Waals surface area contributed by atoms with Crippen molar-refractivity contribution in [2.75, 3.05) is 19.6 Å². The summed E-state index contributed by atoms with van der Waals surface area (Å²) >= 11 is 0. The molecule has 0 fully saturated rings. The molecule has 18 heavy (non-hydrogen) atoms. The first kappa shape index (κ1) is 12.3. The predicted molar refractivity (Wildman–Crippen MR) is 63.9 cm³/mol. The first-order valence-electron chi connectivity index (χ1n) is 5.57. The van der Waals surface area contributed by atoms with E-state index in [2.05, 4.69) is 5.32 Å². The maximum atomic E-state index is 11.9. The monoisotopic (exact) mass is 247 g/mol. The number of hydrogen-bond donors (Lipinski definition) is 2. The third kappa shape index (κ3) is 2.10. The van der Waals surface area contributed by atoms with Crippen molar-refractivity contribution in [1.82, 2.24) is 10.2 Å². The van der Waals surface area contributed by atoms with Gasteiger partial charge in [-0.1, -0.05) is 12.1 Å². The van der Waals surface area contributed by atoms with Crippen molar-refractivity contribution in [2.24, 2.45) is 5.73 Å². The molecule has 3 amide bonds. The van der Waals surface area contributed by atoms with E-state index in [9.17, 15) is 14.4 Å². The first-order valence-corrected chi connectivity index (χ1v) is 5.57. The Labute approximate surface area is 104 Å². The summed E-state index contributed by atoms with van der Waals surface area (Å²) in [5.41, 5.74) is 5.93. The molecule has 1 heterocycles. The topological polar surface area (TPSA) is 92.5 Å². The van der Waals surface area contributed by atoms with E-state index >= 15 is 0 Å². The van der Waals surface area contributed by atoms with Crippen LogP contribution in [0.2, 0.25) is 0 Å². The number of fused-ring (bicyclic) bond motifs is 1. The lowest BCUT2D eigenvalue weighted by Gasteiger charge is -2.13. The average Bonchev–Trinajstić information content (AvgIpc) is 2.62. The molecule has 0 unspecified atom stereocenters. The molecule has 0 aromatic heterocycles. The normalized spacial score (nSPS) is 13.7. The first-order chi connectivity index (χ1) is 8.65. The SMILES string of the molecule is NCCNC(=O)CN1C(=O)c2ccccc2C1=O. The van der Waals surface area contributed by atoms with Gasteiger partial charge in [-0.05, 0) is 12.1 Å². The van der Waals surface area contributed by atoms with E-state index in [0.717, 1.165) is 4.90 Å². The summed E-state index contributed by atoms with van der Waals surface area (Å²) in [6.07, 6.45) is 0. The van der Waals surface area contributed by atoms with Crippen molar-refractivity contribution < 1.29 is 14.4 Å². The summed E-state index contributed by atoms with van der Waals surface area (Å²) in [7, 11) is 0. The van der Waals surface area contributed by atoms with Gasteiger partial charge in [0.1, 0.15) is 6.54 Å². The van der Waals surface area contributed by atoms with E-state index in [0.29, 0.717) is 24.2 Å². The molecular formula is C12H13N3O3. The number of carbonyl (C=O) groups excluding carboxylic acids is 3. The highest BCUT2D eigenvalue weighted by Gasteiger charge is 2.35. The van der Waals surface area contributed by atoms with Crippen molar-refractivity contribution in [2.45, 2.75) is 0 Å². The van der Waals surface area contributed by atoms with Gasteiger partial charge in [0.05, 0.1) is 11.1 Å². The molecule has 1 aliphatic heterocycles. The molecule has 3 N–H and O–H groups in total. The van der Waals surface area contributed by atoms with Crippen molar-refractivity contribution in [3.63, 3.8) is 0 Å². The zero-order valence-electron chi connectivity index (χ0n) is 9.68. The van der Waals surface area contributed by atoms with Crippen molar-refractivity contribution in [3.8, 4) is 0 Å². The van der Waals surface area contributed by atoms with Crippen LogP contribution >= 0.6 is 0 Å². The van der Waals surface area contributed by atoms with E-state index in [4.69, 9.17) is 5.73 Å². The lowest BCUT2D eigenvalue weighted by Crippen LogP contribution is -2.41. The Kier molecular flexibility index (Phi) is 3.38. The number of benzene rings is 1. The van der Waals surface area contributed by atoms with Crippen LogP contribution in [0.5, 0.6) is 0 Å². The molecule has 1 aliphatic rings. The minimum absolute atomic E-state index is 0.271. The van der Waals surface area contributed by atoms with Crippen LogP contribution in [-0.4, -0.2) is 42.3 Å². The van der Waals surface area contributed by atoms with Crippen LogP contribution in [0.15, 0.2) is 24.3 Å². The Balaban J connectivity index is 2.11. The molecule has 0 bridgehead atoms. The zero-order chi connectivity index (χ0) is 13.1. The number of imide groups is 1. The molecule has 1 aromatic rings. The maximum Gasteiger partial charge on any atom is 0.262 e. The van der Waals surface area contributed by atoms with E-state index in [1.807, 2.05) is 0 Å². The minimum Gasteiger partial charge on any atom is -0.353 e. The van der Waals surface area contributed by atoms with E-state index in [1.165, 1.54) is 0 Å². The second-order valence-corrected chi connectivity index (χ2v) is 3.88. The van der Waals surface area contributed by atoms with Crippen LogP contribution in [-0.2, 0) is 4.79 Å². The lowest BCUT2D eigenvalue weighted by molar-refractivity contribution is -0.121. The van der Waals surface area contributed by atoms with Crippen molar-refractivity contribution in [3.05, 3.63) is 35.4 Å². The van der Waals surface area contributed by atoms with E-state index in [-0.39, 0.29) is 6.54 Å². The molecule has 6 nitrogen and oxygen atoms in total. The molecule has 0 saturated carbocycles. The third-order valence-electron chi connectivity index (χ3n) is 2.65. The lowest BCUT2D eigenvalue weighted by atomic mass is 10.1. The molecule has 1 aromatic carbocycles. The van der Waals surface area contributed by atoms with Gasteiger partial charge >= 0.3 is 0 Å². The summed E-state index contributed by atoms with van der Waals surface area (Å²) in [4.78, 5) is 36.3. The minimum atomic E-state index is -0.432. The molecule has 2 rings (SSSR count). The van der Waals surface area contributed by atoms with Gasteiger partial charge in [0.2, 0.25) is 5.91 Å². The quantitative estimate of drug-likeness (QED) is 0.692. The number of hydrogen-bond acceptors (Lipinski definition) is 4. The number of amides is 3. The number of carbonyl (C=O) groups is 3. The van der Waals surface area contributed by atoms with Crippen LogP contribution < -0.4 is 11.1 Å². The Morgan fingerprint density at radius 1 is 1.17 bits per heavy atom. The van der Waals surface area contributed by atoms with Crippen molar-refractivity contribution in [1.29, 1.82) is 0 Å². The fraction of sp³-hybridized carbons (Fsp3) is 0.250. The molecule has 6 heteroatoms. The largest absolute Gasteiger partial charge is 0.353 e.